The molecule has 1 nitrogen and oxygen atoms in total. The number of hydrogen-bond donors (Lipinski definition) is 0. The van der Waals surface area contributed by atoms with Gasteiger partial charge < -0.3 is 0 Å². The highest BCUT2D eigenvalue weighted by Gasteiger charge is 2.21. The molecule has 0 bridgehead atoms. The monoisotopic (exact) mass is 266 g/mol. The molecule has 0 aliphatic heterocycles. The van der Waals surface area contributed by atoms with E-state index in [4.69, 9.17) is 0 Å². The van der Waals surface area contributed by atoms with Crippen molar-refractivity contribution in [3.05, 3.63) is 30.3 Å². The van der Waals surface area contributed by atoms with Crippen LogP contribution in [0.2, 0.25) is 0 Å². The van der Waals surface area contributed by atoms with E-state index >= 15 is 0 Å². The van der Waals surface area contributed by atoms with Gasteiger partial charge in [0.15, 0.2) is 0 Å². The quantitative estimate of drug-likeness (QED) is 0.605. The largest absolute Gasteiger partial charge is 0.262 e. The first-order chi connectivity index (χ1) is 5.33. The van der Waals surface area contributed by atoms with Gasteiger partial charge in [-0.2, -0.15) is 0 Å². The molecule has 0 saturated carbocycles. The molecule has 0 aliphatic carbocycles. The van der Waals surface area contributed by atoms with Crippen LogP contribution in [0.25, 0.3) is 0 Å². The Bertz CT molecular complexity index is 317. The SMILES string of the molecule is CS(C)(=O)(Br)Sc1ccccc1. The van der Waals surface area contributed by atoms with Gasteiger partial charge in [-0.1, -0.05) is 18.2 Å². The van der Waals surface area contributed by atoms with Crippen molar-refractivity contribution in [3.8, 4) is 0 Å². The van der Waals surface area contributed by atoms with E-state index in [0.29, 0.717) is 0 Å². The van der Waals surface area contributed by atoms with Crippen LogP contribution in [0.5, 0.6) is 0 Å². The first kappa shape index (κ1) is 10.3. The second kappa shape index (κ2) is 3.16. The highest BCUT2D eigenvalue weighted by Crippen LogP contribution is 2.44. The van der Waals surface area contributed by atoms with Gasteiger partial charge in [0.25, 0.3) is 0 Å². The Morgan fingerprint density at radius 2 is 1.75 bits per heavy atom. The number of rotatable bonds is 2. The topological polar surface area (TPSA) is 17.1 Å². The molecule has 0 atom stereocenters. The second-order valence-electron chi connectivity index (χ2n) is 2.97. The van der Waals surface area contributed by atoms with Gasteiger partial charge in [-0.15, -0.1) is 0 Å². The van der Waals surface area contributed by atoms with Crippen LogP contribution in [0.15, 0.2) is 35.2 Å². The molecule has 0 heterocycles. The Hall–Kier alpha value is 0.200. The van der Waals surface area contributed by atoms with Crippen LogP contribution < -0.4 is 0 Å². The summed E-state index contributed by atoms with van der Waals surface area (Å²) in [6, 6.07) is 9.72. The Morgan fingerprint density at radius 1 is 1.25 bits per heavy atom. The molecule has 0 unspecified atom stereocenters. The third-order valence-electron chi connectivity index (χ3n) is 1.07. The first-order valence-electron chi connectivity index (χ1n) is 3.42. The molecule has 0 amide bonds. The number of hydrogen-bond acceptors (Lipinski definition) is 2. The van der Waals surface area contributed by atoms with E-state index in [1.807, 2.05) is 30.3 Å². The average molecular weight is 267 g/mol. The van der Waals surface area contributed by atoms with Gasteiger partial charge in [-0.3, -0.25) is 4.21 Å². The fourth-order valence-electron chi connectivity index (χ4n) is 0.744. The molecule has 1 aromatic rings. The van der Waals surface area contributed by atoms with E-state index in [0.717, 1.165) is 4.90 Å². The predicted octanol–water partition coefficient (Wildman–Crippen LogP) is 3.08. The summed E-state index contributed by atoms with van der Waals surface area (Å²) in [6.45, 7) is -2.64. The van der Waals surface area contributed by atoms with Crippen molar-refractivity contribution in [2.45, 2.75) is 4.90 Å². The maximum Gasteiger partial charge on any atom is 0.0197 e. The standard InChI is InChI=1S/C8H11BrOS2/c1-12(2,9,10)11-8-6-4-3-5-7-8/h3-7H,1-2H3. The molecule has 0 N–H and O–H groups in total. The van der Waals surface area contributed by atoms with Gasteiger partial charge in [0, 0.05) is 32.2 Å². The Balaban J connectivity index is 2.86. The van der Waals surface area contributed by atoms with E-state index < -0.39 is 6.53 Å². The summed E-state index contributed by atoms with van der Waals surface area (Å²) < 4.78 is 11.8. The molecule has 68 valence electrons. The highest BCUT2D eigenvalue weighted by atomic mass is 79.9. The van der Waals surface area contributed by atoms with Crippen LogP contribution in [0.4, 0.5) is 0 Å². The molecule has 4 heteroatoms. The normalized spacial score (nSPS) is 15.1. The lowest BCUT2D eigenvalue weighted by Gasteiger charge is -2.24. The van der Waals surface area contributed by atoms with E-state index in [1.165, 1.54) is 10.8 Å². The summed E-state index contributed by atoms with van der Waals surface area (Å²) in [5.41, 5.74) is 0. The second-order valence-corrected chi connectivity index (χ2v) is 17.1. The zero-order chi connectivity index (χ0) is 9.27. The van der Waals surface area contributed by atoms with Crippen LogP contribution in [0.3, 0.4) is 0 Å². The van der Waals surface area contributed by atoms with Crippen LogP contribution in [0, 0.1) is 0 Å². The first-order valence-corrected chi connectivity index (χ1v) is 9.38. The van der Waals surface area contributed by atoms with Crippen molar-refractivity contribution >= 4 is 32.1 Å². The smallest absolute Gasteiger partial charge is 0.0197 e. The van der Waals surface area contributed by atoms with Crippen molar-refractivity contribution in [1.29, 1.82) is 0 Å². The Morgan fingerprint density at radius 3 is 2.17 bits per heavy atom. The van der Waals surface area contributed by atoms with Crippen molar-refractivity contribution < 1.29 is 4.21 Å². The molecular weight excluding hydrogens is 256 g/mol. The minimum Gasteiger partial charge on any atom is -0.262 e. The third-order valence-corrected chi connectivity index (χ3v) is 5.16. The summed E-state index contributed by atoms with van der Waals surface area (Å²) in [5.74, 6) is 0. The zero-order valence-corrected chi connectivity index (χ0v) is 10.2. The summed E-state index contributed by atoms with van der Waals surface area (Å²) in [6.07, 6.45) is 3.43. The minimum atomic E-state index is -2.64. The van der Waals surface area contributed by atoms with Crippen molar-refractivity contribution in [3.63, 3.8) is 0 Å². The molecule has 1 aromatic carbocycles. The number of halogens is 1. The van der Waals surface area contributed by atoms with Gasteiger partial charge >= 0.3 is 0 Å². The molecule has 0 spiro atoms. The maximum atomic E-state index is 11.8. The molecule has 0 radical (unpaired) electrons. The summed E-state index contributed by atoms with van der Waals surface area (Å²) in [7, 11) is 1.37. The van der Waals surface area contributed by atoms with Gasteiger partial charge in [-0.25, -0.2) is 0 Å². The maximum absolute atomic E-state index is 11.8. The zero-order valence-electron chi connectivity index (χ0n) is 6.99. The van der Waals surface area contributed by atoms with E-state index in [2.05, 4.69) is 14.8 Å². The molecule has 1 rings (SSSR count). The van der Waals surface area contributed by atoms with Crippen molar-refractivity contribution in [2.24, 2.45) is 0 Å². The van der Waals surface area contributed by atoms with Crippen LogP contribution in [-0.4, -0.2) is 16.7 Å². The lowest BCUT2D eigenvalue weighted by molar-refractivity contribution is 0.686. The average Bonchev–Trinajstić information content (AvgIpc) is 1.83. The summed E-state index contributed by atoms with van der Waals surface area (Å²) in [5, 5.41) is 0. The van der Waals surface area contributed by atoms with Gasteiger partial charge in [0.1, 0.15) is 0 Å². The van der Waals surface area contributed by atoms with Crippen LogP contribution in [0.1, 0.15) is 0 Å². The van der Waals surface area contributed by atoms with E-state index in [9.17, 15) is 4.21 Å². The van der Waals surface area contributed by atoms with E-state index in [-0.39, 0.29) is 0 Å². The lowest BCUT2D eigenvalue weighted by atomic mass is 10.4. The van der Waals surface area contributed by atoms with Crippen LogP contribution >= 0.6 is 25.6 Å². The van der Waals surface area contributed by atoms with Crippen molar-refractivity contribution in [2.75, 3.05) is 12.5 Å². The highest BCUT2D eigenvalue weighted by molar-refractivity contribution is 9.64. The predicted molar refractivity (Wildman–Crippen MR) is 61.2 cm³/mol. The Labute approximate surface area is 83.9 Å². The third kappa shape index (κ3) is 4.28. The van der Waals surface area contributed by atoms with Crippen LogP contribution in [-0.2, 0) is 6.53 Å². The van der Waals surface area contributed by atoms with Gasteiger partial charge in [0.2, 0.25) is 0 Å². The molecule has 12 heavy (non-hydrogen) atoms. The minimum absolute atomic E-state index is 1.02. The molecule has 0 aromatic heterocycles. The molecule has 0 fully saturated rings. The molecular formula is C8H11BrOS2. The summed E-state index contributed by atoms with van der Waals surface area (Å²) >= 11 is 3.24. The fourth-order valence-corrected chi connectivity index (χ4v) is 4.86. The molecule has 0 aliphatic rings. The summed E-state index contributed by atoms with van der Waals surface area (Å²) in [4.78, 5) is 1.02. The Kier molecular flexibility index (Phi) is 2.71. The van der Waals surface area contributed by atoms with Gasteiger partial charge in [-0.05, 0) is 29.5 Å². The van der Waals surface area contributed by atoms with Gasteiger partial charge in [0.05, 0.1) is 0 Å². The number of benzene rings is 1. The lowest BCUT2D eigenvalue weighted by Crippen LogP contribution is -2.12. The van der Waals surface area contributed by atoms with Crippen molar-refractivity contribution in [1.82, 2.24) is 0 Å². The van der Waals surface area contributed by atoms with E-state index in [1.54, 1.807) is 12.5 Å². The fraction of sp³-hybridized carbons (Fsp3) is 0.250. The molecule has 0 saturated heterocycles.